The Morgan fingerprint density at radius 1 is 1.00 bits per heavy atom. The quantitative estimate of drug-likeness (QED) is 0.783. The normalized spacial score (nSPS) is 21.1. The van der Waals surface area contributed by atoms with Crippen molar-refractivity contribution in [3.63, 3.8) is 0 Å². The van der Waals surface area contributed by atoms with Crippen molar-refractivity contribution in [2.24, 2.45) is 11.8 Å². The first kappa shape index (κ1) is 19.2. The molecule has 29 heavy (non-hydrogen) atoms. The number of carbonyl (C=O) groups is 3. The minimum Gasteiger partial charge on any atom is -0.457 e. The summed E-state index contributed by atoms with van der Waals surface area (Å²) in [5.74, 6) is 0.160. The molecule has 1 aliphatic carbocycles. The number of aryl methyl sites for hydroxylation is 1. The number of fused-ring (bicyclic) bond motifs is 1. The summed E-state index contributed by atoms with van der Waals surface area (Å²) in [4.78, 5) is 38.5. The monoisotopic (exact) mass is 392 g/mol. The third-order valence-electron chi connectivity index (χ3n) is 5.60. The van der Waals surface area contributed by atoms with Crippen LogP contribution in [0.25, 0.3) is 0 Å². The van der Waals surface area contributed by atoms with Crippen molar-refractivity contribution in [2.75, 3.05) is 11.9 Å². The molecular formula is C23H24N2O4. The van der Waals surface area contributed by atoms with E-state index in [9.17, 15) is 14.4 Å². The van der Waals surface area contributed by atoms with Gasteiger partial charge in [0.15, 0.2) is 0 Å². The first-order valence-corrected chi connectivity index (χ1v) is 10.0. The number of nitrogens with one attached hydrogen (secondary N) is 1. The molecule has 0 radical (unpaired) electrons. The van der Waals surface area contributed by atoms with Crippen LogP contribution in [0.15, 0.2) is 48.5 Å². The number of hydrogen-bond donors (Lipinski definition) is 1. The second-order valence-electron chi connectivity index (χ2n) is 7.75. The number of benzene rings is 2. The zero-order chi connectivity index (χ0) is 20.4. The lowest BCUT2D eigenvalue weighted by atomic mass is 9.81. The molecule has 2 aromatic rings. The first-order valence-electron chi connectivity index (χ1n) is 10.0. The predicted octanol–water partition coefficient (Wildman–Crippen LogP) is 3.90. The van der Waals surface area contributed by atoms with Gasteiger partial charge in [-0.3, -0.25) is 19.3 Å². The Kier molecular flexibility index (Phi) is 5.34. The molecule has 0 aromatic heterocycles. The smallest absolute Gasteiger partial charge is 0.244 e. The Hall–Kier alpha value is -3.15. The number of amides is 3. The van der Waals surface area contributed by atoms with E-state index in [2.05, 4.69) is 5.32 Å². The lowest BCUT2D eigenvalue weighted by Crippen LogP contribution is -2.38. The van der Waals surface area contributed by atoms with E-state index in [0.717, 1.165) is 41.9 Å². The van der Waals surface area contributed by atoms with Crippen molar-refractivity contribution in [3.05, 3.63) is 54.1 Å². The van der Waals surface area contributed by atoms with E-state index in [1.165, 1.54) is 0 Å². The highest BCUT2D eigenvalue weighted by Crippen LogP contribution is 2.37. The van der Waals surface area contributed by atoms with Crippen LogP contribution in [-0.4, -0.2) is 29.2 Å². The molecule has 1 saturated heterocycles. The molecule has 0 spiro atoms. The molecule has 6 nitrogen and oxygen atoms in total. The minimum absolute atomic E-state index is 0.197. The van der Waals surface area contributed by atoms with E-state index in [4.69, 9.17) is 4.74 Å². The fraction of sp³-hybridized carbons (Fsp3) is 0.348. The van der Waals surface area contributed by atoms with E-state index in [-0.39, 0.29) is 36.1 Å². The maximum Gasteiger partial charge on any atom is 0.244 e. The molecule has 2 fully saturated rings. The molecule has 2 aliphatic rings. The van der Waals surface area contributed by atoms with Gasteiger partial charge in [-0.1, -0.05) is 25.0 Å². The van der Waals surface area contributed by atoms with E-state index in [0.29, 0.717) is 11.4 Å². The van der Waals surface area contributed by atoms with E-state index in [1.54, 1.807) is 24.3 Å². The molecule has 3 amide bonds. The minimum atomic E-state index is -0.377. The molecule has 150 valence electrons. The molecule has 0 unspecified atom stereocenters. The molecule has 6 heteroatoms. The summed E-state index contributed by atoms with van der Waals surface area (Å²) < 4.78 is 5.80. The molecule has 1 aliphatic heterocycles. The highest BCUT2D eigenvalue weighted by atomic mass is 16.5. The van der Waals surface area contributed by atoms with E-state index < -0.39 is 0 Å². The summed E-state index contributed by atoms with van der Waals surface area (Å²) in [6.07, 6.45) is 3.43. The Morgan fingerprint density at radius 3 is 2.28 bits per heavy atom. The Balaban J connectivity index is 1.35. The summed E-state index contributed by atoms with van der Waals surface area (Å²) in [6, 6.07) is 14.7. The summed E-state index contributed by atoms with van der Waals surface area (Å²) >= 11 is 0. The van der Waals surface area contributed by atoms with Gasteiger partial charge in [0.25, 0.3) is 0 Å². The lowest BCUT2D eigenvalue weighted by molar-refractivity contribution is -0.142. The maximum absolute atomic E-state index is 12.5. The molecule has 1 heterocycles. The summed E-state index contributed by atoms with van der Waals surface area (Å²) in [7, 11) is 0. The topological polar surface area (TPSA) is 75.7 Å². The second-order valence-corrected chi connectivity index (χ2v) is 7.75. The molecule has 2 aromatic carbocycles. The van der Waals surface area contributed by atoms with Crippen molar-refractivity contribution in [3.8, 4) is 11.5 Å². The third-order valence-corrected chi connectivity index (χ3v) is 5.60. The van der Waals surface area contributed by atoms with Crippen LogP contribution in [0.2, 0.25) is 0 Å². The number of nitrogens with zero attached hydrogens (tertiary/aromatic N) is 1. The number of anilines is 1. The van der Waals surface area contributed by atoms with Crippen LogP contribution < -0.4 is 10.1 Å². The van der Waals surface area contributed by atoms with Crippen molar-refractivity contribution in [1.82, 2.24) is 4.90 Å². The number of likely N-dealkylation sites (tertiary alicyclic amines) is 1. The van der Waals surface area contributed by atoms with Crippen LogP contribution in [0.4, 0.5) is 5.69 Å². The van der Waals surface area contributed by atoms with Gasteiger partial charge in [0.2, 0.25) is 17.7 Å². The van der Waals surface area contributed by atoms with Gasteiger partial charge < -0.3 is 10.1 Å². The van der Waals surface area contributed by atoms with Crippen LogP contribution in [0, 0.1) is 18.8 Å². The second kappa shape index (κ2) is 8.07. The van der Waals surface area contributed by atoms with E-state index >= 15 is 0 Å². The summed E-state index contributed by atoms with van der Waals surface area (Å²) in [5.41, 5.74) is 1.69. The van der Waals surface area contributed by atoms with Gasteiger partial charge in [-0.25, -0.2) is 0 Å². The maximum atomic E-state index is 12.5. The van der Waals surface area contributed by atoms with Crippen molar-refractivity contribution in [1.29, 1.82) is 0 Å². The molecule has 1 N–H and O–H groups in total. The van der Waals surface area contributed by atoms with Gasteiger partial charge in [0.05, 0.1) is 11.8 Å². The number of rotatable bonds is 5. The Morgan fingerprint density at radius 2 is 1.66 bits per heavy atom. The largest absolute Gasteiger partial charge is 0.457 e. The summed E-state index contributed by atoms with van der Waals surface area (Å²) in [5, 5.41) is 2.75. The molecular weight excluding hydrogens is 368 g/mol. The molecule has 2 atom stereocenters. The van der Waals surface area contributed by atoms with Gasteiger partial charge in [-0.15, -0.1) is 0 Å². The van der Waals surface area contributed by atoms with Gasteiger partial charge >= 0.3 is 0 Å². The van der Waals surface area contributed by atoms with Crippen LogP contribution >= 0.6 is 0 Å². The number of imide groups is 1. The fourth-order valence-corrected chi connectivity index (χ4v) is 4.15. The van der Waals surface area contributed by atoms with Crippen LogP contribution in [0.1, 0.15) is 31.2 Å². The van der Waals surface area contributed by atoms with Crippen molar-refractivity contribution >= 4 is 23.4 Å². The zero-order valence-electron chi connectivity index (χ0n) is 16.4. The van der Waals surface area contributed by atoms with Gasteiger partial charge in [-0.2, -0.15) is 0 Å². The SMILES string of the molecule is Cc1cccc(Oc2ccc(NC(=O)CN3C(=O)[C@@H]4CCCC[C@H]4C3=O)cc2)c1. The summed E-state index contributed by atoms with van der Waals surface area (Å²) in [6.45, 7) is 1.77. The van der Waals surface area contributed by atoms with Gasteiger partial charge in [-0.05, 0) is 61.7 Å². The highest BCUT2D eigenvalue weighted by Gasteiger charge is 2.48. The van der Waals surface area contributed by atoms with E-state index in [1.807, 2.05) is 31.2 Å². The van der Waals surface area contributed by atoms with Crippen LogP contribution in [0.5, 0.6) is 11.5 Å². The predicted molar refractivity (Wildman–Crippen MR) is 108 cm³/mol. The fourth-order valence-electron chi connectivity index (χ4n) is 4.15. The average Bonchev–Trinajstić information content (AvgIpc) is 2.95. The number of ether oxygens (including phenoxy) is 1. The standard InChI is InChI=1S/C23H24N2O4/c1-15-5-4-6-18(13-15)29-17-11-9-16(10-12-17)24-21(26)14-25-22(27)19-7-2-3-8-20(19)23(25)28/h4-6,9-13,19-20H,2-3,7-8,14H2,1H3,(H,24,26)/t19-,20-/m1/s1. The van der Waals surface area contributed by atoms with Crippen LogP contribution in [0.3, 0.4) is 0 Å². The average molecular weight is 392 g/mol. The first-order chi connectivity index (χ1) is 14.0. The third kappa shape index (κ3) is 4.16. The Bertz CT molecular complexity index is 914. The van der Waals surface area contributed by atoms with Crippen molar-refractivity contribution < 1.29 is 19.1 Å². The lowest BCUT2D eigenvalue weighted by Gasteiger charge is -2.19. The molecule has 0 bridgehead atoms. The zero-order valence-corrected chi connectivity index (χ0v) is 16.4. The van der Waals surface area contributed by atoms with Gasteiger partial charge in [0, 0.05) is 5.69 Å². The highest BCUT2D eigenvalue weighted by molar-refractivity contribution is 6.08. The molecule has 4 rings (SSSR count). The van der Waals surface area contributed by atoms with Gasteiger partial charge in [0.1, 0.15) is 18.0 Å². The Labute approximate surface area is 169 Å². The molecule has 1 saturated carbocycles. The van der Waals surface area contributed by atoms with Crippen molar-refractivity contribution in [2.45, 2.75) is 32.6 Å². The number of carbonyl (C=O) groups excluding carboxylic acids is 3. The number of hydrogen-bond acceptors (Lipinski definition) is 4. The van der Waals surface area contributed by atoms with Crippen LogP contribution in [-0.2, 0) is 14.4 Å².